The first-order valence-electron chi connectivity index (χ1n) is 12.5. The molecule has 8 unspecified atom stereocenters. The van der Waals surface area contributed by atoms with Crippen LogP contribution in [0.2, 0.25) is 0 Å². The molecule has 0 aliphatic carbocycles. The second kappa shape index (κ2) is 16.1. The van der Waals surface area contributed by atoms with E-state index < -0.39 is 55.1 Å². The average molecular weight is 478 g/mol. The van der Waals surface area contributed by atoms with Gasteiger partial charge in [-0.15, -0.1) is 0 Å². The molecular weight excluding hydrogens is 430 g/mol. The number of aliphatic hydroxyl groups is 7. The highest BCUT2D eigenvalue weighted by Crippen LogP contribution is 2.32. The Labute approximate surface area is 197 Å². The van der Waals surface area contributed by atoms with E-state index in [1.165, 1.54) is 63.9 Å². The van der Waals surface area contributed by atoms with E-state index in [0.717, 1.165) is 19.3 Å². The molecule has 1 saturated heterocycles. The van der Waals surface area contributed by atoms with Crippen LogP contribution in [-0.4, -0.2) is 90.8 Å². The zero-order valence-corrected chi connectivity index (χ0v) is 20.0. The molecule has 0 bridgehead atoms. The van der Waals surface area contributed by atoms with E-state index in [1.807, 2.05) is 0 Å². The third-order valence-corrected chi connectivity index (χ3v) is 6.49. The lowest BCUT2D eigenvalue weighted by atomic mass is 9.85. The highest BCUT2D eigenvalue weighted by molar-refractivity contribution is 5.05. The van der Waals surface area contributed by atoms with Crippen LogP contribution in [0.15, 0.2) is 12.2 Å². The van der Waals surface area contributed by atoms with Gasteiger partial charge in [-0.1, -0.05) is 83.3 Å². The molecule has 0 amide bonds. The van der Waals surface area contributed by atoms with E-state index in [-0.39, 0.29) is 0 Å². The lowest BCUT2D eigenvalue weighted by molar-refractivity contribution is -0.378. The number of allylic oxidation sites excluding steroid dienone is 1. The van der Waals surface area contributed by atoms with Crippen molar-refractivity contribution < 1.29 is 40.5 Å². The molecular formula is C24H47NO8. The summed E-state index contributed by atoms with van der Waals surface area (Å²) < 4.78 is 5.05. The molecule has 9 nitrogen and oxygen atoms in total. The topological polar surface area (TPSA) is 177 Å². The van der Waals surface area contributed by atoms with Crippen LogP contribution >= 0.6 is 0 Å². The second-order valence-electron chi connectivity index (χ2n) is 9.28. The molecule has 8 atom stereocenters. The third-order valence-electron chi connectivity index (χ3n) is 6.49. The number of unbranched alkanes of at least 4 members (excludes halogenated alkanes) is 11. The SMILES string of the molecule is CCCCCCCCCCCCC/C=C/C(O)C(N)C(O)C1(O)OC(CO)C(O)C(O)C1O. The maximum absolute atomic E-state index is 10.6. The van der Waals surface area contributed by atoms with E-state index in [4.69, 9.17) is 10.5 Å². The molecule has 9 heteroatoms. The largest absolute Gasteiger partial charge is 0.394 e. The summed E-state index contributed by atoms with van der Waals surface area (Å²) in [7, 11) is 0. The Morgan fingerprint density at radius 2 is 1.39 bits per heavy atom. The van der Waals surface area contributed by atoms with Gasteiger partial charge in [0.2, 0.25) is 5.79 Å². The van der Waals surface area contributed by atoms with Crippen molar-refractivity contribution in [3.05, 3.63) is 12.2 Å². The lowest BCUT2D eigenvalue weighted by Crippen LogP contribution is -2.72. The van der Waals surface area contributed by atoms with Gasteiger partial charge in [0.1, 0.15) is 30.5 Å². The third kappa shape index (κ3) is 9.51. The molecule has 33 heavy (non-hydrogen) atoms. The molecule has 0 spiro atoms. The van der Waals surface area contributed by atoms with Crippen molar-refractivity contribution in [3.63, 3.8) is 0 Å². The Morgan fingerprint density at radius 1 is 0.879 bits per heavy atom. The van der Waals surface area contributed by atoms with Crippen LogP contribution in [0.5, 0.6) is 0 Å². The minimum atomic E-state index is -2.77. The van der Waals surface area contributed by atoms with Crippen molar-refractivity contribution in [1.29, 1.82) is 0 Å². The number of rotatable bonds is 17. The summed E-state index contributed by atoms with van der Waals surface area (Å²) >= 11 is 0. The van der Waals surface area contributed by atoms with Crippen LogP contribution in [0.1, 0.15) is 84.0 Å². The monoisotopic (exact) mass is 477 g/mol. The van der Waals surface area contributed by atoms with E-state index in [2.05, 4.69) is 6.92 Å². The predicted molar refractivity (Wildman–Crippen MR) is 125 cm³/mol. The summed E-state index contributed by atoms with van der Waals surface area (Å²) in [5.74, 6) is -2.77. The maximum atomic E-state index is 10.6. The van der Waals surface area contributed by atoms with Crippen molar-refractivity contribution in [1.82, 2.24) is 0 Å². The molecule has 0 radical (unpaired) electrons. The zero-order valence-electron chi connectivity index (χ0n) is 20.0. The van der Waals surface area contributed by atoms with Crippen molar-refractivity contribution >= 4 is 0 Å². The van der Waals surface area contributed by atoms with Crippen LogP contribution in [-0.2, 0) is 4.74 Å². The maximum Gasteiger partial charge on any atom is 0.223 e. The fraction of sp³-hybridized carbons (Fsp3) is 0.917. The fourth-order valence-corrected chi connectivity index (χ4v) is 4.18. The first kappa shape index (κ1) is 30.4. The van der Waals surface area contributed by atoms with E-state index >= 15 is 0 Å². The summed E-state index contributed by atoms with van der Waals surface area (Å²) in [4.78, 5) is 0. The van der Waals surface area contributed by atoms with Crippen LogP contribution in [0.3, 0.4) is 0 Å². The zero-order chi connectivity index (χ0) is 24.9. The number of aliphatic hydroxyl groups excluding tert-OH is 6. The van der Waals surface area contributed by atoms with Crippen molar-refractivity contribution in [2.45, 2.75) is 132 Å². The molecule has 1 aliphatic rings. The van der Waals surface area contributed by atoms with Crippen LogP contribution in [0.4, 0.5) is 0 Å². The normalized spacial score (nSPS) is 31.1. The van der Waals surface area contributed by atoms with Gasteiger partial charge < -0.3 is 46.2 Å². The van der Waals surface area contributed by atoms with Gasteiger partial charge in [-0.3, -0.25) is 0 Å². The molecule has 1 rings (SSSR count). The first-order valence-corrected chi connectivity index (χ1v) is 12.5. The minimum absolute atomic E-state index is 0.734. The lowest BCUT2D eigenvalue weighted by Gasteiger charge is -2.48. The summed E-state index contributed by atoms with van der Waals surface area (Å²) in [6.07, 6.45) is 7.13. The van der Waals surface area contributed by atoms with Gasteiger partial charge in [0.15, 0.2) is 0 Å². The smallest absolute Gasteiger partial charge is 0.223 e. The average Bonchev–Trinajstić information content (AvgIpc) is 2.81. The molecule has 0 aromatic rings. The van der Waals surface area contributed by atoms with Gasteiger partial charge in [0.05, 0.1) is 18.8 Å². The molecule has 1 aliphatic heterocycles. The van der Waals surface area contributed by atoms with E-state index in [1.54, 1.807) is 6.08 Å². The second-order valence-corrected chi connectivity index (χ2v) is 9.28. The number of hydrogen-bond donors (Lipinski definition) is 8. The Bertz CT molecular complexity index is 535. The molecule has 1 fully saturated rings. The quantitative estimate of drug-likeness (QED) is 0.109. The molecule has 0 aromatic carbocycles. The molecule has 1 heterocycles. The summed E-state index contributed by atoms with van der Waals surface area (Å²) in [5, 5.41) is 70.3. The van der Waals surface area contributed by atoms with Crippen molar-refractivity contribution in [3.8, 4) is 0 Å². The summed E-state index contributed by atoms with van der Waals surface area (Å²) in [6.45, 7) is 1.46. The van der Waals surface area contributed by atoms with E-state index in [0.29, 0.717) is 0 Å². The number of hydrogen-bond acceptors (Lipinski definition) is 9. The van der Waals surface area contributed by atoms with Gasteiger partial charge in [-0.05, 0) is 12.8 Å². The summed E-state index contributed by atoms with van der Waals surface area (Å²) in [5.41, 5.74) is 5.84. The molecule has 9 N–H and O–H groups in total. The Morgan fingerprint density at radius 3 is 1.91 bits per heavy atom. The Kier molecular flexibility index (Phi) is 14.9. The van der Waals surface area contributed by atoms with Gasteiger partial charge in [0.25, 0.3) is 0 Å². The fourth-order valence-electron chi connectivity index (χ4n) is 4.18. The molecule has 196 valence electrons. The van der Waals surface area contributed by atoms with Gasteiger partial charge in [-0.2, -0.15) is 0 Å². The Hall–Kier alpha value is -0.620. The summed E-state index contributed by atoms with van der Waals surface area (Å²) in [6, 6.07) is -1.44. The Balaban J connectivity index is 2.32. The number of ether oxygens (including phenoxy) is 1. The van der Waals surface area contributed by atoms with Crippen LogP contribution in [0, 0.1) is 0 Å². The van der Waals surface area contributed by atoms with Crippen molar-refractivity contribution in [2.24, 2.45) is 5.73 Å². The molecule has 0 saturated carbocycles. The first-order chi connectivity index (χ1) is 15.7. The molecule has 0 aromatic heterocycles. The van der Waals surface area contributed by atoms with Gasteiger partial charge in [-0.25, -0.2) is 0 Å². The van der Waals surface area contributed by atoms with Crippen LogP contribution in [0.25, 0.3) is 0 Å². The van der Waals surface area contributed by atoms with Gasteiger partial charge >= 0.3 is 0 Å². The highest BCUT2D eigenvalue weighted by atomic mass is 16.7. The van der Waals surface area contributed by atoms with Crippen LogP contribution < -0.4 is 5.73 Å². The standard InChI is InChI=1S/C24H47NO8/c1-2-3-4-5-6-7-8-9-10-11-12-13-14-15-17(27)19(25)22(30)24(32)23(31)21(29)20(28)18(16-26)33-24/h14-15,17-23,26-32H,2-13,16,25H2,1H3/b15-14+. The highest BCUT2D eigenvalue weighted by Gasteiger charge is 2.58. The number of nitrogens with two attached hydrogens (primary N) is 1. The van der Waals surface area contributed by atoms with E-state index in [9.17, 15) is 35.7 Å². The van der Waals surface area contributed by atoms with Gasteiger partial charge in [0, 0.05) is 0 Å². The minimum Gasteiger partial charge on any atom is -0.394 e. The predicted octanol–water partition coefficient (Wildman–Crippen LogP) is 0.455. The van der Waals surface area contributed by atoms with Crippen molar-refractivity contribution in [2.75, 3.05) is 6.61 Å².